The van der Waals surface area contributed by atoms with Crippen LogP contribution in [0.25, 0.3) is 0 Å². The largest absolute Gasteiger partial charge is 0.299 e. The van der Waals surface area contributed by atoms with E-state index < -0.39 is 17.5 Å². The molecule has 0 unspecified atom stereocenters. The van der Waals surface area contributed by atoms with Crippen LogP contribution in [0.4, 0.5) is 13.2 Å². The van der Waals surface area contributed by atoms with Gasteiger partial charge in [0.05, 0.1) is 0 Å². The minimum Gasteiger partial charge on any atom is -0.299 e. The molecule has 1 aliphatic rings. The Balaban J connectivity index is 2.02. The zero-order chi connectivity index (χ0) is 13.1. The van der Waals surface area contributed by atoms with Gasteiger partial charge in [-0.3, -0.25) is 4.90 Å². The van der Waals surface area contributed by atoms with Gasteiger partial charge in [0.25, 0.3) is 0 Å². The van der Waals surface area contributed by atoms with E-state index in [-0.39, 0.29) is 12.1 Å². The maximum atomic E-state index is 13.5. The molecule has 0 atom stereocenters. The summed E-state index contributed by atoms with van der Waals surface area (Å²) in [7, 11) is 0. The fourth-order valence-electron chi connectivity index (χ4n) is 2.50. The normalized spacial score (nSPS) is 18.2. The first-order valence-electron chi connectivity index (χ1n) is 6.46. The molecule has 0 bridgehead atoms. The SMILES string of the molecule is CCC1CCN(Cc2c(F)cc(F)cc2F)CC1. The Morgan fingerprint density at radius 2 is 1.67 bits per heavy atom. The molecular formula is C14H18F3N. The molecule has 0 aromatic heterocycles. The lowest BCUT2D eigenvalue weighted by Gasteiger charge is -2.31. The summed E-state index contributed by atoms with van der Waals surface area (Å²) in [5.41, 5.74) is -0.0219. The van der Waals surface area contributed by atoms with Crippen LogP contribution >= 0.6 is 0 Å². The van der Waals surface area contributed by atoms with Crippen LogP contribution in [0.15, 0.2) is 12.1 Å². The van der Waals surface area contributed by atoms with Gasteiger partial charge in [0.1, 0.15) is 17.5 Å². The van der Waals surface area contributed by atoms with Crippen molar-refractivity contribution in [2.45, 2.75) is 32.7 Å². The maximum Gasteiger partial charge on any atom is 0.133 e. The van der Waals surface area contributed by atoms with Gasteiger partial charge in [-0.05, 0) is 31.8 Å². The Morgan fingerprint density at radius 3 is 2.17 bits per heavy atom. The summed E-state index contributed by atoms with van der Waals surface area (Å²) in [5, 5.41) is 0. The second-order valence-corrected chi connectivity index (χ2v) is 4.98. The van der Waals surface area contributed by atoms with Crippen molar-refractivity contribution in [3.63, 3.8) is 0 Å². The molecule has 18 heavy (non-hydrogen) atoms. The first-order chi connectivity index (χ1) is 8.60. The number of nitrogens with zero attached hydrogens (tertiary/aromatic N) is 1. The number of rotatable bonds is 3. The van der Waals surface area contributed by atoms with Gasteiger partial charge in [-0.15, -0.1) is 0 Å². The molecule has 100 valence electrons. The van der Waals surface area contributed by atoms with Gasteiger partial charge in [0, 0.05) is 24.2 Å². The maximum absolute atomic E-state index is 13.5. The van der Waals surface area contributed by atoms with Crippen LogP contribution in [0.1, 0.15) is 31.7 Å². The van der Waals surface area contributed by atoms with Crippen molar-refractivity contribution >= 4 is 0 Å². The molecule has 4 heteroatoms. The topological polar surface area (TPSA) is 3.24 Å². The van der Waals surface area contributed by atoms with Crippen LogP contribution in [-0.4, -0.2) is 18.0 Å². The first-order valence-corrected chi connectivity index (χ1v) is 6.46. The Labute approximate surface area is 106 Å². The minimum absolute atomic E-state index is 0.0219. The lowest BCUT2D eigenvalue weighted by atomic mass is 9.94. The monoisotopic (exact) mass is 257 g/mol. The van der Waals surface area contributed by atoms with Crippen molar-refractivity contribution in [2.24, 2.45) is 5.92 Å². The lowest BCUT2D eigenvalue weighted by molar-refractivity contribution is 0.171. The fourth-order valence-corrected chi connectivity index (χ4v) is 2.50. The third-order valence-corrected chi connectivity index (χ3v) is 3.77. The number of hydrogen-bond donors (Lipinski definition) is 0. The average molecular weight is 257 g/mol. The van der Waals surface area contributed by atoms with Gasteiger partial charge in [-0.2, -0.15) is 0 Å². The van der Waals surface area contributed by atoms with Gasteiger partial charge in [0.2, 0.25) is 0 Å². The molecular weight excluding hydrogens is 239 g/mol. The zero-order valence-corrected chi connectivity index (χ0v) is 10.6. The van der Waals surface area contributed by atoms with Crippen LogP contribution in [0.2, 0.25) is 0 Å². The van der Waals surface area contributed by atoms with Crippen molar-refractivity contribution < 1.29 is 13.2 Å². The summed E-state index contributed by atoms with van der Waals surface area (Å²) >= 11 is 0. The number of likely N-dealkylation sites (tertiary alicyclic amines) is 1. The number of benzene rings is 1. The predicted molar refractivity (Wildman–Crippen MR) is 64.6 cm³/mol. The highest BCUT2D eigenvalue weighted by Gasteiger charge is 2.20. The summed E-state index contributed by atoms with van der Waals surface area (Å²) in [6.45, 7) is 4.11. The second-order valence-electron chi connectivity index (χ2n) is 4.98. The van der Waals surface area contributed by atoms with Crippen LogP contribution in [-0.2, 0) is 6.54 Å². The van der Waals surface area contributed by atoms with Crippen molar-refractivity contribution in [1.82, 2.24) is 4.90 Å². The molecule has 1 saturated heterocycles. The van der Waals surface area contributed by atoms with Crippen molar-refractivity contribution in [3.05, 3.63) is 35.1 Å². The van der Waals surface area contributed by atoms with Gasteiger partial charge in [-0.1, -0.05) is 13.3 Å². The summed E-state index contributed by atoms with van der Waals surface area (Å²) in [6, 6.07) is 1.49. The fraction of sp³-hybridized carbons (Fsp3) is 0.571. The molecule has 0 N–H and O–H groups in total. The van der Waals surface area contributed by atoms with E-state index in [2.05, 4.69) is 6.92 Å². The molecule has 1 aliphatic heterocycles. The van der Waals surface area contributed by atoms with Crippen LogP contribution in [0, 0.1) is 23.4 Å². The predicted octanol–water partition coefficient (Wildman–Crippen LogP) is 3.73. The van der Waals surface area contributed by atoms with Crippen LogP contribution in [0.3, 0.4) is 0 Å². The van der Waals surface area contributed by atoms with E-state index in [4.69, 9.17) is 0 Å². The van der Waals surface area contributed by atoms with E-state index in [0.717, 1.165) is 50.4 Å². The van der Waals surface area contributed by atoms with Gasteiger partial charge in [0.15, 0.2) is 0 Å². The molecule has 0 spiro atoms. The zero-order valence-electron chi connectivity index (χ0n) is 10.6. The number of halogens is 3. The van der Waals surface area contributed by atoms with Gasteiger partial charge in [-0.25, -0.2) is 13.2 Å². The van der Waals surface area contributed by atoms with Gasteiger partial charge >= 0.3 is 0 Å². The molecule has 2 rings (SSSR count). The highest BCUT2D eigenvalue weighted by Crippen LogP contribution is 2.23. The molecule has 0 saturated carbocycles. The molecule has 1 aromatic rings. The summed E-state index contributed by atoms with van der Waals surface area (Å²) in [6.07, 6.45) is 3.30. The van der Waals surface area contributed by atoms with E-state index in [1.807, 2.05) is 4.90 Å². The van der Waals surface area contributed by atoms with E-state index in [1.54, 1.807) is 0 Å². The average Bonchev–Trinajstić information content (AvgIpc) is 2.34. The molecule has 0 amide bonds. The Hall–Kier alpha value is -1.03. The number of hydrogen-bond acceptors (Lipinski definition) is 1. The summed E-state index contributed by atoms with van der Waals surface area (Å²) in [5.74, 6) is -1.71. The van der Waals surface area contributed by atoms with Crippen LogP contribution < -0.4 is 0 Å². The highest BCUT2D eigenvalue weighted by atomic mass is 19.1. The second kappa shape index (κ2) is 5.74. The number of piperidine rings is 1. The molecule has 1 aromatic carbocycles. The summed E-state index contributed by atoms with van der Waals surface area (Å²) in [4.78, 5) is 2.03. The molecule has 1 nitrogen and oxygen atoms in total. The van der Waals surface area contributed by atoms with Crippen molar-refractivity contribution in [1.29, 1.82) is 0 Å². The van der Waals surface area contributed by atoms with Gasteiger partial charge < -0.3 is 0 Å². The van der Waals surface area contributed by atoms with Crippen molar-refractivity contribution in [3.8, 4) is 0 Å². The molecule has 1 fully saturated rings. The van der Waals surface area contributed by atoms with E-state index >= 15 is 0 Å². The van der Waals surface area contributed by atoms with E-state index in [9.17, 15) is 13.2 Å². The Bertz CT molecular complexity index is 388. The molecule has 0 radical (unpaired) electrons. The highest BCUT2D eigenvalue weighted by molar-refractivity contribution is 5.20. The van der Waals surface area contributed by atoms with E-state index in [0.29, 0.717) is 0 Å². The van der Waals surface area contributed by atoms with Crippen molar-refractivity contribution in [2.75, 3.05) is 13.1 Å². The smallest absolute Gasteiger partial charge is 0.133 e. The molecule has 1 heterocycles. The summed E-state index contributed by atoms with van der Waals surface area (Å²) < 4.78 is 39.8. The quantitative estimate of drug-likeness (QED) is 0.797. The minimum atomic E-state index is -0.863. The van der Waals surface area contributed by atoms with Crippen LogP contribution in [0.5, 0.6) is 0 Å². The standard InChI is InChI=1S/C14H18F3N/c1-2-10-3-5-18(6-4-10)9-12-13(16)7-11(15)8-14(12)17/h7-8,10H,2-6,9H2,1H3. The third kappa shape index (κ3) is 3.05. The molecule has 0 aliphatic carbocycles. The Morgan fingerprint density at radius 1 is 1.11 bits per heavy atom. The van der Waals surface area contributed by atoms with E-state index in [1.165, 1.54) is 0 Å². The Kier molecular flexibility index (Phi) is 4.27. The lowest BCUT2D eigenvalue weighted by Crippen LogP contribution is -2.33. The third-order valence-electron chi connectivity index (χ3n) is 3.77. The first kappa shape index (κ1) is 13.4.